The fourth-order valence-corrected chi connectivity index (χ4v) is 3.60. The van der Waals surface area contributed by atoms with Crippen molar-refractivity contribution in [1.82, 2.24) is 9.59 Å². The lowest BCUT2D eigenvalue weighted by molar-refractivity contribution is 0.308. The van der Waals surface area contributed by atoms with E-state index in [0.29, 0.717) is 5.92 Å². The first-order valence-electron chi connectivity index (χ1n) is 6.58. The predicted octanol–water partition coefficient (Wildman–Crippen LogP) is 3.42. The van der Waals surface area contributed by atoms with Crippen molar-refractivity contribution in [2.75, 3.05) is 0 Å². The number of nitrogens with two attached hydrogens (primary N) is 1. The molecular weight excluding hydrogens is 230 g/mol. The van der Waals surface area contributed by atoms with E-state index in [0.717, 1.165) is 5.69 Å². The Labute approximate surface area is 108 Å². The van der Waals surface area contributed by atoms with Crippen LogP contribution in [0.15, 0.2) is 0 Å². The van der Waals surface area contributed by atoms with Crippen molar-refractivity contribution < 1.29 is 0 Å². The normalized spacial score (nSPS) is 20.5. The molecule has 0 aliphatic heterocycles. The summed E-state index contributed by atoms with van der Waals surface area (Å²) in [7, 11) is 0. The molecule has 1 heterocycles. The molecule has 1 atom stereocenters. The fourth-order valence-electron chi connectivity index (χ4n) is 2.64. The third-order valence-electron chi connectivity index (χ3n) is 3.68. The highest BCUT2D eigenvalue weighted by atomic mass is 32.1. The van der Waals surface area contributed by atoms with Crippen molar-refractivity contribution in [3.8, 4) is 0 Å². The summed E-state index contributed by atoms with van der Waals surface area (Å²) in [6.45, 7) is 6.54. The van der Waals surface area contributed by atoms with E-state index in [-0.39, 0.29) is 11.5 Å². The predicted molar refractivity (Wildman–Crippen MR) is 72.1 cm³/mol. The number of nitrogens with zero attached hydrogens (tertiary/aromatic N) is 2. The van der Waals surface area contributed by atoms with Crippen LogP contribution in [0.5, 0.6) is 0 Å². The van der Waals surface area contributed by atoms with Crippen LogP contribution >= 0.6 is 11.5 Å². The van der Waals surface area contributed by atoms with Gasteiger partial charge in [-0.2, -0.15) is 0 Å². The van der Waals surface area contributed by atoms with Crippen LogP contribution in [0, 0.1) is 5.92 Å². The van der Waals surface area contributed by atoms with Crippen LogP contribution in [0.3, 0.4) is 0 Å². The Morgan fingerprint density at radius 1 is 1.24 bits per heavy atom. The van der Waals surface area contributed by atoms with Gasteiger partial charge in [0, 0.05) is 11.5 Å². The molecule has 1 aliphatic carbocycles. The monoisotopic (exact) mass is 253 g/mol. The van der Waals surface area contributed by atoms with Crippen LogP contribution in [-0.2, 0) is 5.41 Å². The molecule has 1 aromatic rings. The third-order valence-corrected chi connectivity index (χ3v) is 4.51. The summed E-state index contributed by atoms with van der Waals surface area (Å²) in [5.41, 5.74) is 7.59. The summed E-state index contributed by atoms with van der Waals surface area (Å²) in [4.78, 5) is 1.21. The molecule has 0 aromatic carbocycles. The van der Waals surface area contributed by atoms with Crippen LogP contribution < -0.4 is 5.73 Å². The molecule has 96 valence electrons. The molecule has 1 saturated carbocycles. The van der Waals surface area contributed by atoms with Gasteiger partial charge in [0.2, 0.25) is 0 Å². The number of hydrogen-bond donors (Lipinski definition) is 1. The molecular formula is C13H23N3S. The number of aromatic nitrogens is 2. The van der Waals surface area contributed by atoms with Gasteiger partial charge in [-0.05, 0) is 30.3 Å². The molecule has 0 saturated heterocycles. The molecule has 1 aliphatic rings. The van der Waals surface area contributed by atoms with Crippen molar-refractivity contribution in [2.24, 2.45) is 11.7 Å². The van der Waals surface area contributed by atoms with E-state index in [9.17, 15) is 0 Å². The molecule has 1 fully saturated rings. The number of rotatable bonds is 2. The summed E-state index contributed by atoms with van der Waals surface area (Å²) < 4.78 is 4.12. The minimum absolute atomic E-state index is 0.0502. The van der Waals surface area contributed by atoms with E-state index in [4.69, 9.17) is 5.73 Å². The van der Waals surface area contributed by atoms with Crippen LogP contribution in [0.25, 0.3) is 0 Å². The lowest BCUT2D eigenvalue weighted by Crippen LogP contribution is -2.26. The Morgan fingerprint density at radius 2 is 1.88 bits per heavy atom. The van der Waals surface area contributed by atoms with Crippen molar-refractivity contribution in [2.45, 2.75) is 64.3 Å². The second-order valence-electron chi connectivity index (χ2n) is 6.16. The fraction of sp³-hybridized carbons (Fsp3) is 0.846. The molecule has 1 unspecified atom stereocenters. The van der Waals surface area contributed by atoms with Gasteiger partial charge in [0.15, 0.2) is 0 Å². The summed E-state index contributed by atoms with van der Waals surface area (Å²) >= 11 is 1.49. The Kier molecular flexibility index (Phi) is 3.83. The van der Waals surface area contributed by atoms with Crippen molar-refractivity contribution in [1.29, 1.82) is 0 Å². The Hall–Kier alpha value is -0.480. The lowest BCUT2D eigenvalue weighted by atomic mass is 9.81. The van der Waals surface area contributed by atoms with Crippen molar-refractivity contribution >= 4 is 11.5 Å². The molecule has 3 nitrogen and oxygen atoms in total. The first-order valence-corrected chi connectivity index (χ1v) is 7.36. The van der Waals surface area contributed by atoms with Gasteiger partial charge in [-0.25, -0.2) is 0 Å². The minimum Gasteiger partial charge on any atom is -0.323 e. The quantitative estimate of drug-likeness (QED) is 0.878. The maximum atomic E-state index is 6.44. The first kappa shape index (κ1) is 13.0. The van der Waals surface area contributed by atoms with Crippen molar-refractivity contribution in [3.05, 3.63) is 10.6 Å². The van der Waals surface area contributed by atoms with E-state index < -0.39 is 0 Å². The Morgan fingerprint density at radius 3 is 2.47 bits per heavy atom. The lowest BCUT2D eigenvalue weighted by Gasteiger charge is -2.28. The van der Waals surface area contributed by atoms with E-state index in [1.165, 1.54) is 48.5 Å². The van der Waals surface area contributed by atoms with E-state index in [1.807, 2.05) is 0 Å². The zero-order valence-corrected chi connectivity index (χ0v) is 11.9. The van der Waals surface area contributed by atoms with Gasteiger partial charge in [-0.3, -0.25) is 0 Å². The molecule has 0 bridgehead atoms. The zero-order valence-electron chi connectivity index (χ0n) is 11.1. The summed E-state index contributed by atoms with van der Waals surface area (Å²) in [5.74, 6) is 0.632. The molecule has 17 heavy (non-hydrogen) atoms. The number of hydrogen-bond acceptors (Lipinski definition) is 4. The van der Waals surface area contributed by atoms with Gasteiger partial charge in [0.05, 0.1) is 10.6 Å². The molecule has 2 rings (SSSR count). The zero-order chi connectivity index (χ0) is 12.5. The highest BCUT2D eigenvalue weighted by Crippen LogP contribution is 2.37. The summed E-state index contributed by atoms with van der Waals surface area (Å²) in [6, 6.07) is 0.143. The smallest absolute Gasteiger partial charge is 0.0857 e. The molecule has 0 spiro atoms. The average molecular weight is 253 g/mol. The SMILES string of the molecule is CC(C)(C)c1nnsc1C(N)C1CCCCC1. The topological polar surface area (TPSA) is 51.8 Å². The minimum atomic E-state index is 0.0502. The third kappa shape index (κ3) is 2.86. The molecule has 1 aromatic heterocycles. The second kappa shape index (κ2) is 5.02. The molecule has 0 radical (unpaired) electrons. The van der Waals surface area contributed by atoms with Gasteiger partial charge >= 0.3 is 0 Å². The van der Waals surface area contributed by atoms with Gasteiger partial charge < -0.3 is 5.73 Å². The Balaban J connectivity index is 2.18. The molecule has 0 amide bonds. The summed E-state index contributed by atoms with van der Waals surface area (Å²) in [6.07, 6.45) is 6.56. The Bertz CT molecular complexity index is 361. The van der Waals surface area contributed by atoms with Gasteiger partial charge in [0.25, 0.3) is 0 Å². The largest absolute Gasteiger partial charge is 0.323 e. The van der Waals surface area contributed by atoms with E-state index in [1.54, 1.807) is 0 Å². The maximum Gasteiger partial charge on any atom is 0.0857 e. The van der Waals surface area contributed by atoms with E-state index in [2.05, 4.69) is 30.4 Å². The summed E-state index contributed by atoms with van der Waals surface area (Å²) in [5, 5.41) is 4.29. The van der Waals surface area contributed by atoms with Crippen molar-refractivity contribution in [3.63, 3.8) is 0 Å². The highest BCUT2D eigenvalue weighted by Gasteiger charge is 2.30. The van der Waals surface area contributed by atoms with Crippen LogP contribution in [-0.4, -0.2) is 9.59 Å². The molecule has 2 N–H and O–H groups in total. The standard InChI is InChI=1S/C13H23N3S/c1-13(2,3)12-11(17-16-15-12)10(14)9-7-5-4-6-8-9/h9-10H,4-8,14H2,1-3H3. The van der Waals surface area contributed by atoms with Crippen LogP contribution in [0.2, 0.25) is 0 Å². The second-order valence-corrected chi connectivity index (χ2v) is 6.95. The van der Waals surface area contributed by atoms with Gasteiger partial charge in [0.1, 0.15) is 0 Å². The molecule has 4 heteroatoms. The van der Waals surface area contributed by atoms with Gasteiger partial charge in [-0.15, -0.1) is 5.10 Å². The van der Waals surface area contributed by atoms with Crippen LogP contribution in [0.1, 0.15) is 69.5 Å². The first-order chi connectivity index (χ1) is 8.00. The van der Waals surface area contributed by atoms with Gasteiger partial charge in [-0.1, -0.05) is 44.5 Å². The maximum absolute atomic E-state index is 6.44. The highest BCUT2D eigenvalue weighted by molar-refractivity contribution is 7.05. The van der Waals surface area contributed by atoms with E-state index >= 15 is 0 Å². The average Bonchev–Trinajstić information content (AvgIpc) is 2.78. The van der Waals surface area contributed by atoms with Crippen LogP contribution in [0.4, 0.5) is 0 Å².